The van der Waals surface area contributed by atoms with Gasteiger partial charge in [-0.2, -0.15) is 0 Å². The molecular weight excluding hydrogens is 333 g/mol. The van der Waals surface area contributed by atoms with Crippen molar-refractivity contribution in [3.63, 3.8) is 0 Å². The quantitative estimate of drug-likeness (QED) is 0.895. The zero-order chi connectivity index (χ0) is 15.0. The summed E-state index contributed by atoms with van der Waals surface area (Å²) in [6.07, 6.45) is 1.12. The molecule has 0 radical (unpaired) electrons. The normalized spacial score (nSPS) is 18.2. The van der Waals surface area contributed by atoms with E-state index in [1.165, 1.54) is 5.56 Å². The maximum absolute atomic E-state index is 14.3. The molecule has 4 heteroatoms. The van der Waals surface area contributed by atoms with Gasteiger partial charge in [0.1, 0.15) is 17.7 Å². The molecule has 1 N–H and O–H groups in total. The molecule has 0 aromatic heterocycles. The minimum atomic E-state index is -0.220. The van der Waals surface area contributed by atoms with E-state index in [1.54, 1.807) is 6.07 Å². The van der Waals surface area contributed by atoms with E-state index in [2.05, 4.69) is 34.2 Å². The van der Waals surface area contributed by atoms with Crippen LogP contribution in [0, 0.1) is 5.82 Å². The van der Waals surface area contributed by atoms with Gasteiger partial charge in [-0.25, -0.2) is 4.39 Å². The maximum Gasteiger partial charge on any atom is 0.142 e. The van der Waals surface area contributed by atoms with Crippen LogP contribution in [0.25, 0.3) is 0 Å². The van der Waals surface area contributed by atoms with Gasteiger partial charge in [0.15, 0.2) is 0 Å². The number of fused-ring (bicyclic) bond motifs is 1. The second kappa shape index (κ2) is 5.78. The van der Waals surface area contributed by atoms with Crippen LogP contribution in [0.5, 0.6) is 5.75 Å². The summed E-state index contributed by atoms with van der Waals surface area (Å²) < 4.78 is 20.6. The lowest BCUT2D eigenvalue weighted by molar-refractivity contribution is 0.254. The van der Waals surface area contributed by atoms with E-state index in [-0.39, 0.29) is 18.0 Å². The molecule has 0 amide bonds. The fourth-order valence-corrected chi connectivity index (χ4v) is 3.25. The molecule has 1 aliphatic rings. The van der Waals surface area contributed by atoms with Crippen molar-refractivity contribution >= 4 is 15.9 Å². The molecule has 2 atom stereocenters. The Morgan fingerprint density at radius 1 is 1.33 bits per heavy atom. The molecule has 0 bridgehead atoms. The lowest BCUT2D eigenvalue weighted by atomic mass is 9.96. The van der Waals surface area contributed by atoms with Crippen molar-refractivity contribution in [3.8, 4) is 5.75 Å². The van der Waals surface area contributed by atoms with Crippen molar-refractivity contribution in [2.24, 2.45) is 0 Å². The Bertz CT molecular complexity index is 674. The number of benzene rings is 2. The topological polar surface area (TPSA) is 21.3 Å². The number of rotatable bonds is 3. The third-order valence-corrected chi connectivity index (χ3v) is 4.45. The highest BCUT2D eigenvalue weighted by Gasteiger charge is 2.23. The summed E-state index contributed by atoms with van der Waals surface area (Å²) in [5.74, 6) is 0.720. The summed E-state index contributed by atoms with van der Waals surface area (Å²) >= 11 is 3.25. The van der Waals surface area contributed by atoms with Crippen LogP contribution in [0.2, 0.25) is 0 Å². The Balaban J connectivity index is 2.01. The van der Waals surface area contributed by atoms with Crippen LogP contribution >= 0.6 is 15.9 Å². The fourth-order valence-electron chi connectivity index (χ4n) is 2.87. The van der Waals surface area contributed by atoms with Crippen molar-refractivity contribution in [1.29, 1.82) is 0 Å². The van der Waals surface area contributed by atoms with Crippen LogP contribution in [0.15, 0.2) is 40.9 Å². The minimum Gasteiger partial charge on any atom is -0.490 e. The van der Waals surface area contributed by atoms with Crippen LogP contribution < -0.4 is 10.1 Å². The molecule has 3 rings (SSSR count). The van der Waals surface area contributed by atoms with Crippen LogP contribution in [0.1, 0.15) is 29.7 Å². The van der Waals surface area contributed by atoms with E-state index in [0.717, 1.165) is 17.7 Å². The molecule has 21 heavy (non-hydrogen) atoms. The fraction of sp³-hybridized carbons (Fsp3) is 0.294. The number of hydrogen-bond donors (Lipinski definition) is 1. The van der Waals surface area contributed by atoms with Gasteiger partial charge in [-0.05, 0) is 53.2 Å². The van der Waals surface area contributed by atoms with E-state index in [9.17, 15) is 4.39 Å². The van der Waals surface area contributed by atoms with Crippen LogP contribution in [0.3, 0.4) is 0 Å². The Kier molecular flexibility index (Phi) is 4.00. The predicted octanol–water partition coefficient (Wildman–Crippen LogP) is 4.22. The van der Waals surface area contributed by atoms with Crippen molar-refractivity contribution < 1.29 is 9.13 Å². The summed E-state index contributed by atoms with van der Waals surface area (Å²) in [4.78, 5) is 0. The highest BCUT2D eigenvalue weighted by atomic mass is 79.9. The number of halogens is 2. The number of ether oxygens (including phenoxy) is 1. The number of hydrogen-bond acceptors (Lipinski definition) is 2. The van der Waals surface area contributed by atoms with Gasteiger partial charge < -0.3 is 10.1 Å². The van der Waals surface area contributed by atoms with E-state index >= 15 is 0 Å². The average Bonchev–Trinajstić information content (AvgIpc) is 2.83. The molecule has 0 saturated heterocycles. The van der Waals surface area contributed by atoms with Gasteiger partial charge in [0, 0.05) is 12.0 Å². The molecule has 1 aliphatic heterocycles. The van der Waals surface area contributed by atoms with Gasteiger partial charge >= 0.3 is 0 Å². The molecule has 0 spiro atoms. The first-order valence-electron chi connectivity index (χ1n) is 7.01. The summed E-state index contributed by atoms with van der Waals surface area (Å²) in [7, 11) is 1.84. The SMILES string of the molecule is CNC(c1ccc2c(c1)CC(C)O2)c1cccc(Br)c1F. The lowest BCUT2D eigenvalue weighted by Crippen LogP contribution is -2.19. The van der Waals surface area contributed by atoms with E-state index < -0.39 is 0 Å². The first-order valence-corrected chi connectivity index (χ1v) is 7.80. The minimum absolute atomic E-state index is 0.177. The monoisotopic (exact) mass is 349 g/mol. The molecule has 1 heterocycles. The third kappa shape index (κ3) is 2.70. The van der Waals surface area contributed by atoms with E-state index in [4.69, 9.17) is 4.74 Å². The molecule has 2 aromatic carbocycles. The molecule has 0 saturated carbocycles. The lowest BCUT2D eigenvalue weighted by Gasteiger charge is -2.19. The summed E-state index contributed by atoms with van der Waals surface area (Å²) in [6, 6.07) is 11.3. The van der Waals surface area contributed by atoms with Gasteiger partial charge in [-0.15, -0.1) is 0 Å². The molecule has 2 unspecified atom stereocenters. The highest BCUT2D eigenvalue weighted by Crippen LogP contribution is 2.34. The Hall–Kier alpha value is -1.39. The maximum atomic E-state index is 14.3. The largest absolute Gasteiger partial charge is 0.490 e. The van der Waals surface area contributed by atoms with E-state index in [1.807, 2.05) is 31.3 Å². The first-order chi connectivity index (χ1) is 10.1. The standard InChI is InChI=1S/C17H17BrFNO/c1-10-8-12-9-11(6-7-15(12)21-10)17(20-2)13-4-3-5-14(18)16(13)19/h3-7,9-10,17,20H,8H2,1-2H3. The van der Waals surface area contributed by atoms with Crippen LogP contribution in [0.4, 0.5) is 4.39 Å². The van der Waals surface area contributed by atoms with E-state index in [0.29, 0.717) is 10.0 Å². The van der Waals surface area contributed by atoms with Crippen LogP contribution in [-0.4, -0.2) is 13.2 Å². The molecule has 0 aliphatic carbocycles. The van der Waals surface area contributed by atoms with Gasteiger partial charge in [0.25, 0.3) is 0 Å². The van der Waals surface area contributed by atoms with Crippen molar-refractivity contribution in [3.05, 3.63) is 63.4 Å². The summed E-state index contributed by atoms with van der Waals surface area (Å²) in [6.45, 7) is 2.06. The first kappa shape index (κ1) is 14.5. The van der Waals surface area contributed by atoms with Crippen molar-refractivity contribution in [2.75, 3.05) is 7.05 Å². The van der Waals surface area contributed by atoms with Gasteiger partial charge in [-0.3, -0.25) is 0 Å². The molecule has 2 aromatic rings. The van der Waals surface area contributed by atoms with Crippen molar-refractivity contribution in [2.45, 2.75) is 25.5 Å². The smallest absolute Gasteiger partial charge is 0.142 e. The second-order valence-electron chi connectivity index (χ2n) is 5.36. The highest BCUT2D eigenvalue weighted by molar-refractivity contribution is 9.10. The van der Waals surface area contributed by atoms with Gasteiger partial charge in [0.05, 0.1) is 10.5 Å². The third-order valence-electron chi connectivity index (χ3n) is 3.83. The Morgan fingerprint density at radius 2 is 2.14 bits per heavy atom. The number of nitrogens with one attached hydrogen (secondary N) is 1. The molecule has 110 valence electrons. The predicted molar refractivity (Wildman–Crippen MR) is 85.2 cm³/mol. The average molecular weight is 350 g/mol. The van der Waals surface area contributed by atoms with Gasteiger partial charge in [0.2, 0.25) is 0 Å². The Labute approximate surface area is 132 Å². The summed E-state index contributed by atoms with van der Waals surface area (Å²) in [5.41, 5.74) is 2.88. The second-order valence-corrected chi connectivity index (χ2v) is 6.22. The zero-order valence-corrected chi connectivity index (χ0v) is 13.6. The van der Waals surface area contributed by atoms with Gasteiger partial charge in [-0.1, -0.05) is 24.3 Å². The molecule has 2 nitrogen and oxygen atoms in total. The molecular formula is C17H17BrFNO. The zero-order valence-electron chi connectivity index (χ0n) is 12.0. The van der Waals surface area contributed by atoms with Crippen molar-refractivity contribution in [1.82, 2.24) is 5.32 Å². The summed E-state index contributed by atoms with van der Waals surface area (Å²) in [5, 5.41) is 3.20. The molecule has 0 fully saturated rings. The Morgan fingerprint density at radius 3 is 2.90 bits per heavy atom. The van der Waals surface area contributed by atoms with Crippen LogP contribution in [-0.2, 0) is 6.42 Å².